The summed E-state index contributed by atoms with van der Waals surface area (Å²) in [5, 5.41) is 50.6. The van der Waals surface area contributed by atoms with E-state index in [1.807, 2.05) is 13.8 Å². The Morgan fingerprint density at radius 2 is 1.24 bits per heavy atom. The molecule has 16 heteroatoms. The first-order valence-electron chi connectivity index (χ1n) is 9.94. The summed E-state index contributed by atoms with van der Waals surface area (Å²) >= 11 is 0. The lowest BCUT2D eigenvalue weighted by atomic mass is 10.1. The molecule has 1 rings (SSSR count). The van der Waals surface area contributed by atoms with Crippen LogP contribution in [0.25, 0.3) is 0 Å². The molecule has 202 valence electrons. The van der Waals surface area contributed by atoms with Gasteiger partial charge in [0.25, 0.3) is 0 Å². The number of hydrogen-bond acceptors (Lipinski definition) is 11. The maximum absolute atomic E-state index is 10.1. The van der Waals surface area contributed by atoms with Gasteiger partial charge in [0.2, 0.25) is 0 Å². The third-order valence-corrected chi connectivity index (χ3v) is 3.26. The van der Waals surface area contributed by atoms with Crippen molar-refractivity contribution in [3.05, 3.63) is 0 Å². The molecule has 0 saturated carbocycles. The van der Waals surface area contributed by atoms with Crippen LogP contribution < -0.4 is 28.3 Å². The summed E-state index contributed by atoms with van der Waals surface area (Å²) in [6.07, 6.45) is 2.33. The third-order valence-electron chi connectivity index (χ3n) is 3.26. The van der Waals surface area contributed by atoms with Crippen LogP contribution in [0.5, 0.6) is 0 Å². The Labute approximate surface area is 196 Å². The zero-order valence-corrected chi connectivity index (χ0v) is 19.3. The second-order valence-corrected chi connectivity index (χ2v) is 6.88. The van der Waals surface area contributed by atoms with Gasteiger partial charge in [-0.25, -0.2) is 0 Å². The highest BCUT2D eigenvalue weighted by Crippen LogP contribution is 2.03. The lowest BCUT2D eigenvalue weighted by Crippen LogP contribution is -2.33. The molecule has 34 heavy (non-hydrogen) atoms. The van der Waals surface area contributed by atoms with Gasteiger partial charge in [0.1, 0.15) is 18.1 Å². The van der Waals surface area contributed by atoms with E-state index in [4.69, 9.17) is 42.1 Å². The van der Waals surface area contributed by atoms with E-state index in [-0.39, 0.29) is 19.1 Å². The molecule has 0 amide bonds. The van der Waals surface area contributed by atoms with E-state index in [0.717, 1.165) is 19.4 Å². The average molecular weight is 502 g/mol. The van der Waals surface area contributed by atoms with Gasteiger partial charge < -0.3 is 58.9 Å². The Balaban J connectivity index is -0.000000169. The van der Waals surface area contributed by atoms with Gasteiger partial charge in [0.05, 0.1) is 19.7 Å². The van der Waals surface area contributed by atoms with Gasteiger partial charge in [0.15, 0.2) is 0 Å². The van der Waals surface area contributed by atoms with Crippen LogP contribution in [0, 0.1) is 5.92 Å². The van der Waals surface area contributed by atoms with Gasteiger partial charge in [0, 0.05) is 0 Å². The van der Waals surface area contributed by atoms with Crippen molar-refractivity contribution >= 4 is 29.8 Å². The number of aliphatic hydroxyl groups excluding tert-OH is 1. The van der Waals surface area contributed by atoms with E-state index in [2.05, 4.69) is 16.8 Å². The van der Waals surface area contributed by atoms with Crippen LogP contribution in [0.2, 0.25) is 0 Å². The van der Waals surface area contributed by atoms with Crippen LogP contribution in [-0.4, -0.2) is 105 Å². The molecule has 0 aromatic rings. The molecule has 0 aromatic carbocycles. The maximum Gasteiger partial charge on any atom is 0.322 e. The smallest absolute Gasteiger partial charge is 0.322 e. The van der Waals surface area contributed by atoms with Crippen LogP contribution in [0.1, 0.15) is 33.1 Å². The molecule has 1 aliphatic rings. The van der Waals surface area contributed by atoms with Gasteiger partial charge in [-0.2, -0.15) is 0 Å². The van der Waals surface area contributed by atoms with Crippen molar-refractivity contribution in [1.29, 1.82) is 0 Å². The second kappa shape index (κ2) is 24.7. The van der Waals surface area contributed by atoms with Gasteiger partial charge in [-0.15, -0.1) is 0 Å². The summed E-state index contributed by atoms with van der Waals surface area (Å²) in [5.41, 5.74) is 19.1. The predicted octanol–water partition coefficient (Wildman–Crippen LogP) is -3.28. The van der Waals surface area contributed by atoms with Crippen molar-refractivity contribution in [2.24, 2.45) is 28.9 Å². The van der Waals surface area contributed by atoms with Gasteiger partial charge in [-0.1, -0.05) is 13.8 Å². The molecule has 16 nitrogen and oxygen atoms in total. The molecule has 1 fully saturated rings. The Bertz CT molecular complexity index is 571. The second-order valence-electron chi connectivity index (χ2n) is 6.88. The number of aliphatic carboxylic acids is 5. The fraction of sp³-hybridized carbons (Fsp3) is 0.722. The summed E-state index contributed by atoms with van der Waals surface area (Å²) in [6, 6.07) is -2.08. The van der Waals surface area contributed by atoms with E-state index in [1.165, 1.54) is 0 Å². The Morgan fingerprint density at radius 3 is 1.32 bits per heavy atom. The van der Waals surface area contributed by atoms with Crippen molar-refractivity contribution in [2.45, 2.75) is 51.2 Å². The molecule has 0 aliphatic carbocycles. The van der Waals surface area contributed by atoms with Crippen LogP contribution in [0.3, 0.4) is 0 Å². The number of carboxylic acids is 5. The van der Waals surface area contributed by atoms with Crippen molar-refractivity contribution in [1.82, 2.24) is 5.32 Å². The highest BCUT2D eigenvalue weighted by atomic mass is 16.4. The zero-order valence-electron chi connectivity index (χ0n) is 19.3. The summed E-state index contributed by atoms with van der Waals surface area (Å²) in [7, 11) is 0. The highest BCUT2D eigenvalue weighted by Gasteiger charge is 2.20. The minimum atomic E-state index is -1.18. The topological polar surface area (TPSA) is 323 Å². The first-order valence-corrected chi connectivity index (χ1v) is 9.94. The van der Waals surface area contributed by atoms with E-state index in [1.54, 1.807) is 0 Å². The molecule has 1 saturated heterocycles. The maximum atomic E-state index is 10.1. The Kier molecular flexibility index (Phi) is 27.9. The number of carbonyl (C=O) groups is 5. The molecule has 0 spiro atoms. The lowest BCUT2D eigenvalue weighted by molar-refractivity contribution is -0.140. The molecular formula is C18H39N5O11. The first-order chi connectivity index (χ1) is 15.6. The molecular weight excluding hydrogens is 462 g/mol. The van der Waals surface area contributed by atoms with Crippen LogP contribution >= 0.6 is 0 Å². The molecule has 0 radical (unpaired) electrons. The number of nitrogens with two attached hydrogens (primary N) is 4. The molecule has 0 bridgehead atoms. The fourth-order valence-corrected chi connectivity index (χ4v) is 1.58. The molecule has 1 heterocycles. The summed E-state index contributed by atoms with van der Waals surface area (Å²) < 4.78 is 0. The van der Waals surface area contributed by atoms with Crippen LogP contribution in [0.4, 0.5) is 0 Å². The fourth-order valence-electron chi connectivity index (χ4n) is 1.58. The number of rotatable bonds is 8. The number of nitrogens with one attached hydrogen (secondary N) is 1. The lowest BCUT2D eigenvalue weighted by Gasteiger charge is -2.07. The molecule has 0 aromatic heterocycles. The highest BCUT2D eigenvalue weighted by molar-refractivity contribution is 5.74. The summed E-state index contributed by atoms with van der Waals surface area (Å²) in [6.45, 7) is 3.69. The van der Waals surface area contributed by atoms with E-state index in [9.17, 15) is 24.0 Å². The summed E-state index contributed by atoms with van der Waals surface area (Å²) in [4.78, 5) is 48.4. The molecule has 0 unspecified atom stereocenters. The van der Waals surface area contributed by atoms with Crippen molar-refractivity contribution in [2.75, 3.05) is 26.2 Å². The van der Waals surface area contributed by atoms with Gasteiger partial charge >= 0.3 is 29.8 Å². The van der Waals surface area contributed by atoms with Crippen molar-refractivity contribution in [3.63, 3.8) is 0 Å². The van der Waals surface area contributed by atoms with E-state index < -0.39 is 48.5 Å². The molecule has 1 aliphatic heterocycles. The first kappa shape index (κ1) is 38.4. The SMILES string of the molecule is CC(C)C[C@H](N)C(=O)O.NCC(=O)O.NCC(=O)O.N[C@@H](CO)C(=O)O.O=C(O)[C@@H]1CCCN1. The van der Waals surface area contributed by atoms with Gasteiger partial charge in [-0.3, -0.25) is 24.0 Å². The van der Waals surface area contributed by atoms with Crippen LogP contribution in [-0.2, 0) is 24.0 Å². The molecule has 15 N–H and O–H groups in total. The largest absolute Gasteiger partial charge is 0.480 e. The monoisotopic (exact) mass is 501 g/mol. The minimum Gasteiger partial charge on any atom is -0.480 e. The molecule has 3 atom stereocenters. The zero-order chi connectivity index (χ0) is 27.9. The predicted molar refractivity (Wildman–Crippen MR) is 120 cm³/mol. The van der Waals surface area contributed by atoms with E-state index >= 15 is 0 Å². The number of aliphatic hydroxyl groups is 1. The standard InChI is InChI=1S/C6H13NO2.C5H9NO2.C3H7NO3.2C2H5NO2/c1-4(2)3-5(7)6(8)9;7-5(8)4-2-1-3-6-4;4-2(1-5)3(6)7;2*3-1-2(4)5/h4-5H,3,7H2,1-2H3,(H,8,9);4,6H,1-3H2,(H,7,8);2,5H,1,4H2,(H,6,7);2*1,3H2,(H,4,5)/t5-;4-;2-;;/m000../s1. The minimum absolute atomic E-state index is 0.269. The normalized spacial score (nSPS) is 15.2. The summed E-state index contributed by atoms with van der Waals surface area (Å²) in [5.74, 6) is -4.39. The Morgan fingerprint density at radius 1 is 0.853 bits per heavy atom. The van der Waals surface area contributed by atoms with Gasteiger partial charge in [-0.05, 0) is 31.7 Å². The van der Waals surface area contributed by atoms with Crippen molar-refractivity contribution in [3.8, 4) is 0 Å². The van der Waals surface area contributed by atoms with Crippen molar-refractivity contribution < 1.29 is 54.6 Å². The third kappa shape index (κ3) is 33.7. The van der Waals surface area contributed by atoms with Crippen LogP contribution in [0.15, 0.2) is 0 Å². The quantitative estimate of drug-likeness (QED) is 0.155. The average Bonchev–Trinajstić information content (AvgIpc) is 3.29. The van der Waals surface area contributed by atoms with E-state index in [0.29, 0.717) is 12.3 Å². The Hall–Kier alpha value is -2.89. The number of hydrogen-bond donors (Lipinski definition) is 11. The number of carboxylic acid groups (broad SMARTS) is 5.